The van der Waals surface area contributed by atoms with E-state index in [2.05, 4.69) is 15.5 Å². The second-order valence-electron chi connectivity index (χ2n) is 8.73. The molecule has 5 rings (SSSR count). The van der Waals surface area contributed by atoms with Gasteiger partial charge in [0.25, 0.3) is 5.91 Å². The van der Waals surface area contributed by atoms with Gasteiger partial charge in [-0.1, -0.05) is 36.4 Å². The number of hydrogen-bond acceptors (Lipinski definition) is 4. The average Bonchev–Trinajstić information content (AvgIpc) is 3.31. The Hall–Kier alpha value is -3.65. The fourth-order valence-corrected chi connectivity index (χ4v) is 4.47. The van der Waals surface area contributed by atoms with Gasteiger partial charge in [-0.25, -0.2) is 4.79 Å². The molecule has 2 saturated heterocycles. The largest absolute Gasteiger partial charge is 0.378 e. The van der Waals surface area contributed by atoms with E-state index in [1.54, 1.807) is 4.90 Å². The number of aromatic nitrogens is 2. The third kappa shape index (κ3) is 4.97. The maximum absolute atomic E-state index is 13.0. The second kappa shape index (κ2) is 10.1. The van der Waals surface area contributed by atoms with Gasteiger partial charge in [0.05, 0.1) is 24.4 Å². The van der Waals surface area contributed by atoms with Crippen molar-refractivity contribution in [3.63, 3.8) is 0 Å². The van der Waals surface area contributed by atoms with Gasteiger partial charge in [0.2, 0.25) is 0 Å². The minimum atomic E-state index is -0.0282. The molecule has 2 aromatic carbocycles. The number of likely N-dealkylation sites (tertiary alicyclic amines) is 1. The Bertz CT molecular complexity index is 1170. The van der Waals surface area contributed by atoms with Crippen LogP contribution in [0.3, 0.4) is 0 Å². The molecule has 1 aromatic heterocycles. The van der Waals surface area contributed by atoms with Crippen molar-refractivity contribution in [2.45, 2.75) is 18.9 Å². The fraction of sp³-hybridized carbons (Fsp3) is 0.346. The Morgan fingerprint density at radius 2 is 1.68 bits per heavy atom. The number of aromatic amines is 1. The van der Waals surface area contributed by atoms with E-state index in [1.807, 2.05) is 65.6 Å². The third-order valence-electron chi connectivity index (χ3n) is 6.50. The van der Waals surface area contributed by atoms with Crippen LogP contribution in [0.1, 0.15) is 34.5 Å². The van der Waals surface area contributed by atoms with Gasteiger partial charge in [-0.05, 0) is 42.7 Å². The highest BCUT2D eigenvalue weighted by molar-refractivity contribution is 5.95. The van der Waals surface area contributed by atoms with Crippen molar-refractivity contribution in [2.24, 2.45) is 0 Å². The minimum Gasteiger partial charge on any atom is -0.378 e. The molecule has 2 N–H and O–H groups in total. The van der Waals surface area contributed by atoms with E-state index in [1.165, 1.54) is 0 Å². The maximum atomic E-state index is 13.0. The first-order valence-corrected chi connectivity index (χ1v) is 11.8. The molecular formula is C26H29N5O3. The van der Waals surface area contributed by atoms with Crippen LogP contribution in [0.5, 0.6) is 0 Å². The Kier molecular flexibility index (Phi) is 6.58. The Morgan fingerprint density at radius 3 is 2.44 bits per heavy atom. The number of fused-ring (bicyclic) bond motifs is 1. The molecule has 8 heteroatoms. The van der Waals surface area contributed by atoms with Crippen LogP contribution in [0.15, 0.2) is 48.5 Å². The number of hydrogen-bond donors (Lipinski definition) is 2. The summed E-state index contributed by atoms with van der Waals surface area (Å²) < 4.78 is 5.30. The van der Waals surface area contributed by atoms with E-state index >= 15 is 0 Å². The van der Waals surface area contributed by atoms with Gasteiger partial charge in [-0.3, -0.25) is 9.89 Å². The number of amides is 3. The SMILES string of the molecule is O=C(NC1CCN(C(=O)c2ccc(/C=C/c3n[nH]c4ccccc34)cc2)CC1)N1CCOCC1. The number of carbonyl (C=O) groups is 2. The van der Waals surface area contributed by atoms with Crippen molar-refractivity contribution in [3.05, 3.63) is 65.4 Å². The molecule has 0 bridgehead atoms. The van der Waals surface area contributed by atoms with Crippen LogP contribution < -0.4 is 5.32 Å². The summed E-state index contributed by atoms with van der Waals surface area (Å²) >= 11 is 0. The average molecular weight is 460 g/mol. The van der Waals surface area contributed by atoms with Crippen LogP contribution in [0.25, 0.3) is 23.1 Å². The first-order valence-electron chi connectivity index (χ1n) is 11.8. The zero-order chi connectivity index (χ0) is 23.3. The first-order chi connectivity index (χ1) is 16.7. The molecule has 3 amide bonds. The predicted octanol–water partition coefficient (Wildman–Crippen LogP) is 3.38. The van der Waals surface area contributed by atoms with Crippen LogP contribution in [0.2, 0.25) is 0 Å². The second-order valence-corrected chi connectivity index (χ2v) is 8.73. The van der Waals surface area contributed by atoms with Gasteiger partial charge in [0.15, 0.2) is 0 Å². The number of nitrogens with one attached hydrogen (secondary N) is 2. The number of rotatable bonds is 4. The van der Waals surface area contributed by atoms with Crippen LogP contribution in [0.4, 0.5) is 4.79 Å². The van der Waals surface area contributed by atoms with Crippen molar-refractivity contribution >= 4 is 35.0 Å². The Labute approximate surface area is 198 Å². The highest BCUT2D eigenvalue weighted by Gasteiger charge is 2.26. The molecule has 0 unspecified atom stereocenters. The molecule has 3 heterocycles. The molecule has 2 fully saturated rings. The van der Waals surface area contributed by atoms with Crippen LogP contribution in [-0.4, -0.2) is 77.4 Å². The number of nitrogens with zero attached hydrogens (tertiary/aromatic N) is 3. The molecule has 34 heavy (non-hydrogen) atoms. The molecule has 2 aliphatic rings. The smallest absolute Gasteiger partial charge is 0.317 e. The van der Waals surface area contributed by atoms with Crippen molar-refractivity contribution in [1.29, 1.82) is 0 Å². The molecule has 0 aliphatic carbocycles. The van der Waals surface area contributed by atoms with Gasteiger partial charge in [-0.15, -0.1) is 0 Å². The van der Waals surface area contributed by atoms with Crippen LogP contribution in [0, 0.1) is 0 Å². The number of benzene rings is 2. The number of H-pyrrole nitrogens is 1. The Balaban J connectivity index is 1.14. The van der Waals surface area contributed by atoms with Crippen LogP contribution in [-0.2, 0) is 4.74 Å². The number of ether oxygens (including phenoxy) is 1. The summed E-state index contributed by atoms with van der Waals surface area (Å²) in [6, 6.07) is 15.7. The van der Waals surface area contributed by atoms with Crippen LogP contribution >= 0.6 is 0 Å². The van der Waals surface area contributed by atoms with E-state index in [-0.39, 0.29) is 18.0 Å². The summed E-state index contributed by atoms with van der Waals surface area (Å²) in [5.74, 6) is 0.0341. The normalized spacial score (nSPS) is 17.4. The summed E-state index contributed by atoms with van der Waals surface area (Å²) in [5, 5.41) is 11.6. The standard InChI is InChI=1S/C26H29N5O3/c32-25(30-13-11-21(12-14-30)27-26(33)31-15-17-34-18-16-31)20-8-5-19(6-9-20)7-10-24-22-3-1-2-4-23(22)28-29-24/h1-10,21H,11-18H2,(H,27,33)(H,28,29)/b10-7+. The van der Waals surface area contributed by atoms with E-state index in [0.29, 0.717) is 45.0 Å². The summed E-state index contributed by atoms with van der Waals surface area (Å²) in [6.45, 7) is 3.73. The number of piperidine rings is 1. The topological polar surface area (TPSA) is 90.6 Å². The molecular weight excluding hydrogens is 430 g/mol. The zero-order valence-corrected chi connectivity index (χ0v) is 19.1. The maximum Gasteiger partial charge on any atom is 0.317 e. The van der Waals surface area contributed by atoms with Gasteiger partial charge in [0.1, 0.15) is 0 Å². The number of urea groups is 1. The lowest BCUT2D eigenvalue weighted by molar-refractivity contribution is 0.0512. The monoisotopic (exact) mass is 459 g/mol. The van der Waals surface area contributed by atoms with Gasteiger partial charge >= 0.3 is 6.03 Å². The predicted molar refractivity (Wildman–Crippen MR) is 131 cm³/mol. The van der Waals surface area contributed by atoms with E-state index in [9.17, 15) is 9.59 Å². The van der Waals surface area contributed by atoms with Gasteiger partial charge in [0, 0.05) is 43.2 Å². The van der Waals surface area contributed by atoms with Crippen molar-refractivity contribution in [3.8, 4) is 0 Å². The third-order valence-corrected chi connectivity index (χ3v) is 6.50. The number of morpholine rings is 1. The molecule has 8 nitrogen and oxygen atoms in total. The Morgan fingerprint density at radius 1 is 0.941 bits per heavy atom. The molecule has 3 aromatic rings. The summed E-state index contributed by atoms with van der Waals surface area (Å²) in [4.78, 5) is 29.0. The highest BCUT2D eigenvalue weighted by atomic mass is 16.5. The summed E-state index contributed by atoms with van der Waals surface area (Å²) in [5.41, 5.74) is 3.58. The molecule has 0 spiro atoms. The fourth-order valence-electron chi connectivity index (χ4n) is 4.47. The first kappa shape index (κ1) is 22.2. The molecule has 176 valence electrons. The number of para-hydroxylation sites is 1. The van der Waals surface area contributed by atoms with E-state index < -0.39 is 0 Å². The van der Waals surface area contributed by atoms with E-state index in [0.717, 1.165) is 35.0 Å². The molecule has 0 saturated carbocycles. The van der Waals surface area contributed by atoms with Crippen molar-refractivity contribution < 1.29 is 14.3 Å². The lowest BCUT2D eigenvalue weighted by Gasteiger charge is -2.34. The molecule has 0 radical (unpaired) electrons. The highest BCUT2D eigenvalue weighted by Crippen LogP contribution is 2.19. The molecule has 0 atom stereocenters. The summed E-state index contributed by atoms with van der Waals surface area (Å²) in [7, 11) is 0. The lowest BCUT2D eigenvalue weighted by atomic mass is 10.0. The number of carbonyl (C=O) groups excluding carboxylic acids is 2. The quantitative estimate of drug-likeness (QED) is 0.626. The van der Waals surface area contributed by atoms with E-state index in [4.69, 9.17) is 4.74 Å². The van der Waals surface area contributed by atoms with Gasteiger partial charge in [-0.2, -0.15) is 5.10 Å². The van der Waals surface area contributed by atoms with Crippen molar-refractivity contribution in [1.82, 2.24) is 25.3 Å². The lowest BCUT2D eigenvalue weighted by Crippen LogP contribution is -2.52. The minimum absolute atomic E-state index is 0.0282. The molecule has 2 aliphatic heterocycles. The zero-order valence-electron chi connectivity index (χ0n) is 19.1. The van der Waals surface area contributed by atoms with Gasteiger partial charge < -0.3 is 19.9 Å². The summed E-state index contributed by atoms with van der Waals surface area (Å²) in [6.07, 6.45) is 5.51. The van der Waals surface area contributed by atoms with Crippen molar-refractivity contribution in [2.75, 3.05) is 39.4 Å².